The van der Waals surface area contributed by atoms with Crippen LogP contribution in [-0.2, 0) is 4.74 Å². The molecule has 1 aromatic carbocycles. The van der Waals surface area contributed by atoms with E-state index in [1.54, 1.807) is 12.1 Å². The number of benzene rings is 1. The summed E-state index contributed by atoms with van der Waals surface area (Å²) in [7, 11) is 0. The van der Waals surface area contributed by atoms with Crippen LogP contribution in [0.5, 0.6) is 0 Å². The van der Waals surface area contributed by atoms with Crippen molar-refractivity contribution in [2.75, 3.05) is 6.61 Å². The lowest BCUT2D eigenvalue weighted by Gasteiger charge is -2.37. The Morgan fingerprint density at radius 2 is 2.26 bits per heavy atom. The van der Waals surface area contributed by atoms with Gasteiger partial charge in [0.1, 0.15) is 5.82 Å². The average Bonchev–Trinajstić information content (AvgIpc) is 2.35. The maximum Gasteiger partial charge on any atom is 0.123 e. The fourth-order valence-corrected chi connectivity index (χ4v) is 2.83. The lowest BCUT2D eigenvalue weighted by atomic mass is 9.92. The van der Waals surface area contributed by atoms with E-state index in [2.05, 4.69) is 26.1 Å². The minimum atomic E-state index is -0.162. The Balaban J connectivity index is 2.03. The van der Waals surface area contributed by atoms with E-state index in [0.717, 1.165) is 31.4 Å². The van der Waals surface area contributed by atoms with E-state index in [-0.39, 0.29) is 17.5 Å². The van der Waals surface area contributed by atoms with Gasteiger partial charge in [0.2, 0.25) is 0 Å². The molecule has 0 bridgehead atoms. The van der Waals surface area contributed by atoms with Crippen molar-refractivity contribution in [2.45, 2.75) is 57.7 Å². The normalized spacial score (nSPS) is 24.1. The van der Waals surface area contributed by atoms with Gasteiger partial charge in [-0.05, 0) is 50.8 Å². The molecule has 0 amide bonds. The molecule has 2 atom stereocenters. The van der Waals surface area contributed by atoms with E-state index in [4.69, 9.17) is 4.74 Å². The van der Waals surface area contributed by atoms with Gasteiger partial charge in [-0.25, -0.2) is 4.39 Å². The van der Waals surface area contributed by atoms with E-state index < -0.39 is 0 Å². The van der Waals surface area contributed by atoms with Crippen molar-refractivity contribution in [3.8, 4) is 0 Å². The Morgan fingerprint density at radius 1 is 1.47 bits per heavy atom. The van der Waals surface area contributed by atoms with Crippen molar-refractivity contribution in [3.63, 3.8) is 0 Å². The van der Waals surface area contributed by atoms with Crippen LogP contribution in [0.3, 0.4) is 0 Å². The van der Waals surface area contributed by atoms with E-state index >= 15 is 0 Å². The first-order chi connectivity index (χ1) is 9.00. The minimum Gasteiger partial charge on any atom is -0.375 e. The summed E-state index contributed by atoms with van der Waals surface area (Å²) in [5, 5.41) is 3.66. The first-order valence-electron chi connectivity index (χ1n) is 7.15. The molecule has 2 unspecified atom stereocenters. The quantitative estimate of drug-likeness (QED) is 0.893. The van der Waals surface area contributed by atoms with Crippen LogP contribution in [0, 0.1) is 5.82 Å². The third-order valence-corrected chi connectivity index (χ3v) is 3.79. The molecular weight excluding hydrogens is 241 g/mol. The van der Waals surface area contributed by atoms with Crippen LogP contribution in [0.2, 0.25) is 0 Å². The van der Waals surface area contributed by atoms with Crippen LogP contribution in [-0.4, -0.2) is 18.2 Å². The van der Waals surface area contributed by atoms with Gasteiger partial charge >= 0.3 is 0 Å². The second-order valence-electron chi connectivity index (χ2n) is 5.98. The van der Waals surface area contributed by atoms with Gasteiger partial charge in [0.25, 0.3) is 0 Å². The molecule has 1 aliphatic rings. The predicted molar refractivity (Wildman–Crippen MR) is 75.6 cm³/mol. The van der Waals surface area contributed by atoms with Crippen molar-refractivity contribution in [1.29, 1.82) is 0 Å². The van der Waals surface area contributed by atoms with Crippen LogP contribution in [0.25, 0.3) is 0 Å². The fraction of sp³-hybridized carbons (Fsp3) is 0.625. The van der Waals surface area contributed by atoms with Gasteiger partial charge < -0.3 is 10.1 Å². The zero-order chi connectivity index (χ0) is 13.9. The minimum absolute atomic E-state index is 0.0594. The predicted octanol–water partition coefficient (Wildman–Crippen LogP) is 3.82. The molecule has 0 aromatic heterocycles. The highest BCUT2D eigenvalue weighted by atomic mass is 19.1. The van der Waals surface area contributed by atoms with Crippen LogP contribution in [0.4, 0.5) is 4.39 Å². The maximum atomic E-state index is 13.3. The first-order valence-corrected chi connectivity index (χ1v) is 7.15. The summed E-state index contributed by atoms with van der Waals surface area (Å²) in [5.41, 5.74) is 0.975. The summed E-state index contributed by atoms with van der Waals surface area (Å²) in [5.74, 6) is -0.162. The second kappa shape index (κ2) is 6.02. The number of nitrogens with one attached hydrogen (secondary N) is 1. The summed E-state index contributed by atoms with van der Waals surface area (Å²) in [6, 6.07) is 7.56. The number of halogens is 1. The molecule has 106 valence electrons. The number of ether oxygens (including phenoxy) is 1. The summed E-state index contributed by atoms with van der Waals surface area (Å²) in [4.78, 5) is 0. The Hall–Kier alpha value is -0.930. The van der Waals surface area contributed by atoms with Gasteiger partial charge in [0, 0.05) is 18.7 Å². The molecule has 1 aromatic rings. The Bertz CT molecular complexity index is 419. The highest BCUT2D eigenvalue weighted by molar-refractivity contribution is 5.20. The number of rotatable bonds is 4. The SMILES string of the molecule is CCC(NC1CCOC(C)(C)C1)c1cccc(F)c1. The molecule has 1 saturated heterocycles. The third-order valence-electron chi connectivity index (χ3n) is 3.79. The van der Waals surface area contributed by atoms with Crippen LogP contribution >= 0.6 is 0 Å². The molecule has 1 heterocycles. The molecule has 0 aliphatic carbocycles. The zero-order valence-corrected chi connectivity index (χ0v) is 12.1. The third kappa shape index (κ3) is 4.02. The molecule has 2 rings (SSSR count). The van der Waals surface area contributed by atoms with E-state index in [9.17, 15) is 4.39 Å². The van der Waals surface area contributed by atoms with Crippen molar-refractivity contribution in [1.82, 2.24) is 5.32 Å². The van der Waals surface area contributed by atoms with Crippen LogP contribution in [0.1, 0.15) is 51.6 Å². The summed E-state index contributed by atoms with van der Waals surface area (Å²) >= 11 is 0. The Morgan fingerprint density at radius 3 is 2.89 bits per heavy atom. The lowest BCUT2D eigenvalue weighted by molar-refractivity contribution is -0.0642. The molecular formula is C16H24FNO. The van der Waals surface area contributed by atoms with Crippen LogP contribution < -0.4 is 5.32 Å². The second-order valence-corrected chi connectivity index (χ2v) is 5.98. The molecule has 0 radical (unpaired) electrons. The lowest BCUT2D eigenvalue weighted by Crippen LogP contribution is -2.44. The van der Waals surface area contributed by atoms with Gasteiger partial charge in [-0.15, -0.1) is 0 Å². The van der Waals surface area contributed by atoms with Gasteiger partial charge in [-0.3, -0.25) is 0 Å². The molecule has 1 N–H and O–H groups in total. The van der Waals surface area contributed by atoms with Crippen LogP contribution in [0.15, 0.2) is 24.3 Å². The van der Waals surface area contributed by atoms with E-state index in [0.29, 0.717) is 6.04 Å². The summed E-state index contributed by atoms with van der Waals surface area (Å²) in [6.07, 6.45) is 2.98. The molecule has 3 heteroatoms. The highest BCUT2D eigenvalue weighted by Crippen LogP contribution is 2.27. The Kier molecular flexibility index (Phi) is 4.58. The summed E-state index contributed by atoms with van der Waals surface area (Å²) < 4.78 is 19.1. The van der Waals surface area contributed by atoms with Crippen molar-refractivity contribution in [3.05, 3.63) is 35.6 Å². The highest BCUT2D eigenvalue weighted by Gasteiger charge is 2.29. The summed E-state index contributed by atoms with van der Waals surface area (Å²) in [6.45, 7) is 7.19. The molecule has 0 spiro atoms. The Labute approximate surface area is 115 Å². The molecule has 0 saturated carbocycles. The number of hydrogen-bond acceptors (Lipinski definition) is 2. The van der Waals surface area contributed by atoms with Crippen molar-refractivity contribution < 1.29 is 9.13 Å². The largest absolute Gasteiger partial charge is 0.375 e. The van der Waals surface area contributed by atoms with Gasteiger partial charge in [0.15, 0.2) is 0 Å². The monoisotopic (exact) mass is 265 g/mol. The van der Waals surface area contributed by atoms with Gasteiger partial charge in [-0.2, -0.15) is 0 Å². The topological polar surface area (TPSA) is 21.3 Å². The molecule has 2 nitrogen and oxygen atoms in total. The average molecular weight is 265 g/mol. The molecule has 19 heavy (non-hydrogen) atoms. The first kappa shape index (κ1) is 14.5. The zero-order valence-electron chi connectivity index (χ0n) is 12.1. The fourth-order valence-electron chi connectivity index (χ4n) is 2.83. The smallest absolute Gasteiger partial charge is 0.123 e. The van der Waals surface area contributed by atoms with Crippen molar-refractivity contribution >= 4 is 0 Å². The van der Waals surface area contributed by atoms with Crippen molar-refractivity contribution in [2.24, 2.45) is 0 Å². The van der Waals surface area contributed by atoms with Gasteiger partial charge in [0.05, 0.1) is 5.60 Å². The maximum absolute atomic E-state index is 13.3. The molecule has 1 fully saturated rings. The number of hydrogen-bond donors (Lipinski definition) is 1. The van der Waals surface area contributed by atoms with E-state index in [1.165, 1.54) is 6.07 Å². The standard InChI is InChI=1S/C16H24FNO/c1-4-15(12-6-5-7-13(17)10-12)18-14-8-9-19-16(2,3)11-14/h5-7,10,14-15,18H,4,8-9,11H2,1-3H3. The van der Waals surface area contributed by atoms with Gasteiger partial charge in [-0.1, -0.05) is 19.1 Å². The molecule has 1 aliphatic heterocycles. The van der Waals surface area contributed by atoms with E-state index in [1.807, 2.05) is 6.07 Å².